The van der Waals surface area contributed by atoms with Crippen LogP contribution >= 0.6 is 27.5 Å². The molecule has 2 aromatic carbocycles. The highest BCUT2D eigenvalue weighted by atomic mass is 79.9. The van der Waals surface area contributed by atoms with Crippen LogP contribution in [-0.4, -0.2) is 0 Å². The molecule has 1 nitrogen and oxygen atoms in total. The summed E-state index contributed by atoms with van der Waals surface area (Å²) in [5, 5.41) is 0.649. The Kier molecular flexibility index (Phi) is 4.22. The van der Waals surface area contributed by atoms with Crippen LogP contribution in [0.2, 0.25) is 5.02 Å². The van der Waals surface area contributed by atoms with Crippen molar-refractivity contribution in [1.82, 2.24) is 0 Å². The maximum atomic E-state index is 6.01. The first-order valence-corrected chi connectivity index (χ1v) is 7.26. The second-order valence-corrected chi connectivity index (χ2v) is 6.84. The minimum Gasteiger partial charge on any atom is -0.457 e. The molecule has 3 heteroatoms. The summed E-state index contributed by atoms with van der Waals surface area (Å²) in [7, 11) is 0. The second kappa shape index (κ2) is 5.56. The van der Waals surface area contributed by atoms with Gasteiger partial charge in [0.05, 0.1) is 0 Å². The van der Waals surface area contributed by atoms with E-state index < -0.39 is 0 Å². The van der Waals surface area contributed by atoms with E-state index in [1.54, 1.807) is 6.07 Å². The van der Waals surface area contributed by atoms with Crippen molar-refractivity contribution in [1.29, 1.82) is 0 Å². The summed E-state index contributed by atoms with van der Waals surface area (Å²) in [5.74, 6) is 1.55. The van der Waals surface area contributed by atoms with Crippen LogP contribution in [0.15, 0.2) is 46.9 Å². The van der Waals surface area contributed by atoms with Gasteiger partial charge in [0.15, 0.2) is 0 Å². The molecular weight excluding hydrogens is 324 g/mol. The van der Waals surface area contributed by atoms with Gasteiger partial charge in [-0.1, -0.05) is 60.4 Å². The summed E-state index contributed by atoms with van der Waals surface area (Å²) in [5.41, 5.74) is 1.35. The minimum atomic E-state index is 0.105. The highest BCUT2D eigenvalue weighted by molar-refractivity contribution is 9.10. The van der Waals surface area contributed by atoms with E-state index in [-0.39, 0.29) is 5.41 Å². The van der Waals surface area contributed by atoms with Crippen LogP contribution in [0.25, 0.3) is 0 Å². The number of halogens is 2. The molecule has 0 heterocycles. The zero-order valence-electron chi connectivity index (χ0n) is 11.2. The van der Waals surface area contributed by atoms with E-state index in [0.29, 0.717) is 5.02 Å². The van der Waals surface area contributed by atoms with Crippen molar-refractivity contribution < 1.29 is 4.74 Å². The highest BCUT2D eigenvalue weighted by Gasteiger charge is 2.14. The zero-order valence-corrected chi connectivity index (χ0v) is 13.5. The van der Waals surface area contributed by atoms with Crippen LogP contribution in [0.5, 0.6) is 11.5 Å². The Bertz CT molecular complexity index is 567. The molecule has 0 saturated heterocycles. The summed E-state index contributed by atoms with van der Waals surface area (Å²) in [6.07, 6.45) is 0. The minimum absolute atomic E-state index is 0.105. The lowest BCUT2D eigenvalue weighted by Gasteiger charge is -2.19. The number of rotatable bonds is 2. The Labute approximate surface area is 127 Å². The second-order valence-electron chi connectivity index (χ2n) is 5.49. The molecule has 0 spiro atoms. The van der Waals surface area contributed by atoms with Crippen molar-refractivity contribution in [2.45, 2.75) is 26.2 Å². The third-order valence-electron chi connectivity index (χ3n) is 2.77. The number of benzene rings is 2. The highest BCUT2D eigenvalue weighted by Crippen LogP contribution is 2.31. The molecule has 0 radical (unpaired) electrons. The van der Waals surface area contributed by atoms with Gasteiger partial charge in [-0.15, -0.1) is 0 Å². The normalized spacial score (nSPS) is 11.4. The van der Waals surface area contributed by atoms with Gasteiger partial charge in [-0.05, 0) is 41.3 Å². The van der Waals surface area contributed by atoms with Gasteiger partial charge in [-0.3, -0.25) is 0 Å². The monoisotopic (exact) mass is 338 g/mol. The van der Waals surface area contributed by atoms with Gasteiger partial charge in [0.2, 0.25) is 0 Å². The van der Waals surface area contributed by atoms with Crippen LogP contribution in [0.4, 0.5) is 0 Å². The molecule has 2 rings (SSSR count). The molecule has 0 bridgehead atoms. The molecule has 0 fully saturated rings. The van der Waals surface area contributed by atoms with Gasteiger partial charge < -0.3 is 4.74 Å². The molecule has 0 aromatic heterocycles. The molecule has 19 heavy (non-hydrogen) atoms. The Morgan fingerprint density at radius 3 is 2.37 bits per heavy atom. The number of hydrogen-bond donors (Lipinski definition) is 0. The predicted octanol–water partition coefficient (Wildman–Crippen LogP) is 6.19. The molecule has 0 amide bonds. The van der Waals surface area contributed by atoms with E-state index >= 15 is 0 Å². The first-order valence-electron chi connectivity index (χ1n) is 6.09. The molecule has 0 atom stereocenters. The van der Waals surface area contributed by atoms with Crippen LogP contribution < -0.4 is 4.74 Å². The molecule has 0 aliphatic rings. The first-order chi connectivity index (χ1) is 8.84. The molecule has 0 aliphatic carbocycles. The third-order valence-corrected chi connectivity index (χ3v) is 3.45. The molecule has 0 saturated carbocycles. The van der Waals surface area contributed by atoms with Crippen LogP contribution in [-0.2, 0) is 5.41 Å². The number of ether oxygens (including phenoxy) is 1. The fraction of sp³-hybridized carbons (Fsp3) is 0.250. The quantitative estimate of drug-likeness (QED) is 0.633. The van der Waals surface area contributed by atoms with Crippen LogP contribution in [0.3, 0.4) is 0 Å². The summed E-state index contributed by atoms with van der Waals surface area (Å²) >= 11 is 9.42. The van der Waals surface area contributed by atoms with Gasteiger partial charge in [0, 0.05) is 9.50 Å². The van der Waals surface area contributed by atoms with Crippen molar-refractivity contribution in [3.05, 3.63) is 57.5 Å². The van der Waals surface area contributed by atoms with Gasteiger partial charge in [0.25, 0.3) is 0 Å². The van der Waals surface area contributed by atoms with Gasteiger partial charge in [-0.25, -0.2) is 0 Å². The average Bonchev–Trinajstić information content (AvgIpc) is 2.26. The Hall–Kier alpha value is -0.990. The topological polar surface area (TPSA) is 9.23 Å². The Morgan fingerprint density at radius 1 is 1.00 bits per heavy atom. The lowest BCUT2D eigenvalue weighted by atomic mass is 9.87. The van der Waals surface area contributed by atoms with E-state index in [1.165, 1.54) is 5.56 Å². The summed E-state index contributed by atoms with van der Waals surface area (Å²) < 4.78 is 6.77. The largest absolute Gasteiger partial charge is 0.457 e. The standard InChI is InChI=1S/C16H16BrClO/c1-16(2,3)11-5-4-6-14(7-11)19-15-9-12(17)8-13(18)10-15/h4-10H,1-3H3. The lowest BCUT2D eigenvalue weighted by molar-refractivity contribution is 0.478. The fourth-order valence-electron chi connectivity index (χ4n) is 1.75. The Balaban J connectivity index is 2.28. The molecule has 0 unspecified atom stereocenters. The lowest BCUT2D eigenvalue weighted by Crippen LogP contribution is -2.10. The molecule has 0 aliphatic heterocycles. The van der Waals surface area contributed by atoms with Gasteiger partial charge in [0.1, 0.15) is 11.5 Å². The fourth-order valence-corrected chi connectivity index (χ4v) is 2.58. The van der Waals surface area contributed by atoms with Gasteiger partial charge in [-0.2, -0.15) is 0 Å². The van der Waals surface area contributed by atoms with E-state index in [4.69, 9.17) is 16.3 Å². The maximum absolute atomic E-state index is 6.01. The van der Waals surface area contributed by atoms with Crippen LogP contribution in [0.1, 0.15) is 26.3 Å². The third kappa shape index (κ3) is 3.99. The number of hydrogen-bond acceptors (Lipinski definition) is 1. The average molecular weight is 340 g/mol. The summed E-state index contributed by atoms with van der Waals surface area (Å²) in [6.45, 7) is 6.55. The molecular formula is C16H16BrClO. The smallest absolute Gasteiger partial charge is 0.130 e. The van der Waals surface area contributed by atoms with E-state index in [2.05, 4.69) is 48.8 Å². The van der Waals surface area contributed by atoms with Crippen LogP contribution in [0, 0.1) is 0 Å². The van der Waals surface area contributed by atoms with E-state index in [9.17, 15) is 0 Å². The SMILES string of the molecule is CC(C)(C)c1cccc(Oc2cc(Cl)cc(Br)c2)c1. The molecule has 0 N–H and O–H groups in total. The molecule has 2 aromatic rings. The maximum Gasteiger partial charge on any atom is 0.130 e. The summed E-state index contributed by atoms with van der Waals surface area (Å²) in [6, 6.07) is 13.7. The van der Waals surface area contributed by atoms with E-state index in [1.807, 2.05) is 24.3 Å². The first kappa shape index (κ1) is 14.4. The van der Waals surface area contributed by atoms with Crippen molar-refractivity contribution in [2.24, 2.45) is 0 Å². The molecule has 100 valence electrons. The predicted molar refractivity (Wildman–Crippen MR) is 84.4 cm³/mol. The van der Waals surface area contributed by atoms with E-state index in [0.717, 1.165) is 16.0 Å². The summed E-state index contributed by atoms with van der Waals surface area (Å²) in [4.78, 5) is 0. The Morgan fingerprint density at radius 2 is 1.74 bits per heavy atom. The van der Waals surface area contributed by atoms with Crippen molar-refractivity contribution in [3.8, 4) is 11.5 Å². The van der Waals surface area contributed by atoms with Crippen molar-refractivity contribution in [2.75, 3.05) is 0 Å². The van der Waals surface area contributed by atoms with Gasteiger partial charge >= 0.3 is 0 Å². The van der Waals surface area contributed by atoms with Crippen molar-refractivity contribution >= 4 is 27.5 Å². The zero-order chi connectivity index (χ0) is 14.0. The van der Waals surface area contributed by atoms with Crippen molar-refractivity contribution in [3.63, 3.8) is 0 Å².